The standard InChI is InChI=1S/C29H42O3S/c1-19(7-4-9-26(31)28-10-6-16-33-28)24-13-14-25-21(8-5-15-29(24,25)3)11-12-22-17-23(30)18-27(32)20(22)2/h6,10-12,16,19,23-27,30-32H,2,4-5,7-9,13-15,17-18H2,1,3H3/b21-11+,22-12-/t19-,23+,24+,25-,26+,27-,29+/m0/s1. The van der Waals surface area contributed by atoms with E-state index in [1.165, 1.54) is 32.1 Å². The zero-order chi connectivity index (χ0) is 23.6. The lowest BCUT2D eigenvalue weighted by atomic mass is 9.60. The van der Waals surface area contributed by atoms with Gasteiger partial charge in [-0.3, -0.25) is 0 Å². The van der Waals surface area contributed by atoms with Gasteiger partial charge in [0.2, 0.25) is 0 Å². The van der Waals surface area contributed by atoms with Crippen LogP contribution in [0.4, 0.5) is 0 Å². The second-order valence-corrected chi connectivity index (χ2v) is 12.1. The normalized spacial score (nSPS) is 36.8. The molecule has 3 N–H and O–H groups in total. The maximum Gasteiger partial charge on any atom is 0.0882 e. The summed E-state index contributed by atoms with van der Waals surface area (Å²) in [6.07, 6.45) is 13.4. The second kappa shape index (κ2) is 10.6. The maximum atomic E-state index is 10.4. The molecular formula is C29H42O3S. The Morgan fingerprint density at radius 1 is 1.24 bits per heavy atom. The van der Waals surface area contributed by atoms with Gasteiger partial charge in [0, 0.05) is 11.3 Å². The van der Waals surface area contributed by atoms with E-state index in [4.69, 9.17) is 0 Å². The van der Waals surface area contributed by atoms with Crippen molar-refractivity contribution in [1.29, 1.82) is 0 Å². The third kappa shape index (κ3) is 5.40. The summed E-state index contributed by atoms with van der Waals surface area (Å²) in [5.41, 5.74) is 3.70. The molecule has 3 saturated carbocycles. The Kier molecular flexibility index (Phi) is 8.00. The van der Waals surface area contributed by atoms with Gasteiger partial charge >= 0.3 is 0 Å². The number of allylic oxidation sites excluding steroid dienone is 3. The van der Waals surface area contributed by atoms with Gasteiger partial charge in [0.15, 0.2) is 0 Å². The molecule has 4 heteroatoms. The molecule has 1 aromatic heterocycles. The molecule has 0 aliphatic heterocycles. The molecule has 33 heavy (non-hydrogen) atoms. The average Bonchev–Trinajstić information content (AvgIpc) is 3.43. The van der Waals surface area contributed by atoms with Crippen LogP contribution in [0.1, 0.15) is 89.0 Å². The lowest BCUT2D eigenvalue weighted by molar-refractivity contribution is 0.0860. The van der Waals surface area contributed by atoms with Crippen molar-refractivity contribution in [2.45, 2.75) is 96.4 Å². The fourth-order valence-corrected chi connectivity index (χ4v) is 7.88. The largest absolute Gasteiger partial charge is 0.393 e. The highest BCUT2D eigenvalue weighted by Gasteiger charge is 2.50. The first-order valence-corrected chi connectivity index (χ1v) is 13.8. The Balaban J connectivity index is 1.39. The van der Waals surface area contributed by atoms with Crippen LogP contribution in [0.15, 0.2) is 53.0 Å². The zero-order valence-electron chi connectivity index (χ0n) is 20.4. The summed E-state index contributed by atoms with van der Waals surface area (Å²) in [7, 11) is 0. The molecule has 0 spiro atoms. The summed E-state index contributed by atoms with van der Waals surface area (Å²) >= 11 is 1.65. The van der Waals surface area contributed by atoms with Crippen LogP contribution < -0.4 is 0 Å². The summed E-state index contributed by atoms with van der Waals surface area (Å²) in [5.74, 6) is 2.06. The van der Waals surface area contributed by atoms with Crippen molar-refractivity contribution in [3.05, 3.63) is 57.8 Å². The topological polar surface area (TPSA) is 60.7 Å². The summed E-state index contributed by atoms with van der Waals surface area (Å²) in [6, 6.07) is 4.06. The molecule has 3 aliphatic carbocycles. The van der Waals surface area contributed by atoms with Crippen LogP contribution in [0.5, 0.6) is 0 Å². The Labute approximate surface area is 203 Å². The quantitative estimate of drug-likeness (QED) is 0.414. The Morgan fingerprint density at radius 2 is 2.06 bits per heavy atom. The number of rotatable bonds is 7. The highest BCUT2D eigenvalue weighted by atomic mass is 32.1. The molecule has 0 saturated heterocycles. The van der Waals surface area contributed by atoms with E-state index < -0.39 is 12.2 Å². The van der Waals surface area contributed by atoms with Crippen molar-refractivity contribution >= 4 is 11.3 Å². The predicted molar refractivity (Wildman–Crippen MR) is 137 cm³/mol. The minimum Gasteiger partial charge on any atom is -0.393 e. The van der Waals surface area contributed by atoms with Gasteiger partial charge in [0.25, 0.3) is 0 Å². The van der Waals surface area contributed by atoms with Gasteiger partial charge in [-0.05, 0) is 90.7 Å². The molecule has 1 heterocycles. The highest BCUT2D eigenvalue weighted by molar-refractivity contribution is 7.10. The van der Waals surface area contributed by atoms with Crippen LogP contribution in [-0.4, -0.2) is 27.5 Å². The number of fused-ring (bicyclic) bond motifs is 1. The van der Waals surface area contributed by atoms with E-state index in [2.05, 4.69) is 32.6 Å². The molecular weight excluding hydrogens is 428 g/mol. The molecule has 3 fully saturated rings. The van der Waals surface area contributed by atoms with E-state index in [1.54, 1.807) is 16.9 Å². The molecule has 0 radical (unpaired) electrons. The van der Waals surface area contributed by atoms with Crippen molar-refractivity contribution in [1.82, 2.24) is 0 Å². The SMILES string of the molecule is C=C1/C(=C\C=C2/CCC[C@]3(C)[C@@H]([C@@H](C)CCC[C@@H](O)c4cccs4)CC[C@@H]23)C[C@@H](O)C[C@@H]1O. The average molecular weight is 471 g/mol. The van der Waals surface area contributed by atoms with E-state index >= 15 is 0 Å². The Hall–Kier alpha value is -1.20. The molecule has 0 aromatic carbocycles. The van der Waals surface area contributed by atoms with Crippen molar-refractivity contribution in [2.24, 2.45) is 23.2 Å². The van der Waals surface area contributed by atoms with E-state index in [9.17, 15) is 15.3 Å². The van der Waals surface area contributed by atoms with Crippen LogP contribution in [0, 0.1) is 23.2 Å². The monoisotopic (exact) mass is 470 g/mol. The first-order chi connectivity index (χ1) is 15.8. The maximum absolute atomic E-state index is 10.4. The fourth-order valence-electron chi connectivity index (χ4n) is 7.14. The van der Waals surface area contributed by atoms with Gasteiger partial charge in [0.1, 0.15) is 0 Å². The Morgan fingerprint density at radius 3 is 2.82 bits per heavy atom. The fraction of sp³-hybridized carbons (Fsp3) is 0.655. The molecule has 3 nitrogen and oxygen atoms in total. The molecule has 3 aliphatic rings. The van der Waals surface area contributed by atoms with Crippen molar-refractivity contribution in [2.75, 3.05) is 0 Å². The van der Waals surface area contributed by atoms with Gasteiger partial charge in [-0.15, -0.1) is 11.3 Å². The van der Waals surface area contributed by atoms with Crippen LogP contribution in [0.2, 0.25) is 0 Å². The number of aliphatic hydroxyl groups is 3. The lowest BCUT2D eigenvalue weighted by Gasteiger charge is -2.44. The molecule has 7 atom stereocenters. The molecule has 0 bridgehead atoms. The van der Waals surface area contributed by atoms with Crippen molar-refractivity contribution in [3.8, 4) is 0 Å². The van der Waals surface area contributed by atoms with Gasteiger partial charge < -0.3 is 15.3 Å². The molecule has 4 rings (SSSR count). The summed E-state index contributed by atoms with van der Waals surface area (Å²) in [4.78, 5) is 1.09. The third-order valence-corrected chi connectivity index (χ3v) is 9.97. The van der Waals surface area contributed by atoms with Gasteiger partial charge in [-0.25, -0.2) is 0 Å². The van der Waals surface area contributed by atoms with Crippen molar-refractivity contribution < 1.29 is 15.3 Å². The number of hydrogen-bond donors (Lipinski definition) is 3. The van der Waals surface area contributed by atoms with Gasteiger partial charge in [-0.2, -0.15) is 0 Å². The van der Waals surface area contributed by atoms with Crippen LogP contribution in [-0.2, 0) is 0 Å². The van der Waals surface area contributed by atoms with Crippen LogP contribution in [0.25, 0.3) is 0 Å². The summed E-state index contributed by atoms with van der Waals surface area (Å²) < 4.78 is 0. The third-order valence-electron chi connectivity index (χ3n) is 9.00. The van der Waals surface area contributed by atoms with Gasteiger partial charge in [-0.1, -0.05) is 57.1 Å². The zero-order valence-corrected chi connectivity index (χ0v) is 21.2. The number of hydrogen-bond acceptors (Lipinski definition) is 4. The number of thiophene rings is 1. The van der Waals surface area contributed by atoms with Gasteiger partial charge in [0.05, 0.1) is 18.3 Å². The van der Waals surface area contributed by atoms with E-state index in [1.807, 2.05) is 17.5 Å². The minimum absolute atomic E-state index is 0.312. The van der Waals surface area contributed by atoms with Crippen LogP contribution in [0.3, 0.4) is 0 Å². The van der Waals surface area contributed by atoms with E-state index in [0.717, 1.165) is 41.2 Å². The molecule has 0 unspecified atom stereocenters. The number of aliphatic hydroxyl groups excluding tert-OH is 3. The first-order valence-electron chi connectivity index (χ1n) is 13.0. The van der Waals surface area contributed by atoms with E-state index in [0.29, 0.717) is 30.1 Å². The second-order valence-electron chi connectivity index (χ2n) is 11.1. The molecule has 0 amide bonds. The predicted octanol–water partition coefficient (Wildman–Crippen LogP) is 6.73. The molecule has 182 valence electrons. The van der Waals surface area contributed by atoms with Crippen LogP contribution >= 0.6 is 11.3 Å². The van der Waals surface area contributed by atoms with E-state index in [-0.39, 0.29) is 6.10 Å². The highest BCUT2D eigenvalue weighted by Crippen LogP contribution is 2.60. The smallest absolute Gasteiger partial charge is 0.0882 e. The van der Waals surface area contributed by atoms with Crippen molar-refractivity contribution in [3.63, 3.8) is 0 Å². The molecule has 1 aromatic rings. The summed E-state index contributed by atoms with van der Waals surface area (Å²) in [6.45, 7) is 9.03. The first kappa shape index (κ1) is 24.9. The minimum atomic E-state index is -0.620. The summed E-state index contributed by atoms with van der Waals surface area (Å²) in [5, 5.41) is 32.7. The Bertz CT molecular complexity index is 869. The lowest BCUT2D eigenvalue weighted by Crippen LogP contribution is -2.36.